The molecule has 0 saturated carbocycles. The Morgan fingerprint density at radius 2 is 1.62 bits per heavy atom. The summed E-state index contributed by atoms with van der Waals surface area (Å²) in [6.07, 6.45) is 0.998. The molecule has 1 aliphatic heterocycles. The van der Waals surface area contributed by atoms with Crippen LogP contribution in [0, 0.1) is 0 Å². The lowest BCUT2D eigenvalue weighted by Gasteiger charge is -2.33. The van der Waals surface area contributed by atoms with Gasteiger partial charge in [-0.15, -0.1) is 0 Å². The molecule has 2 N–H and O–H groups in total. The number of carbonyl (C=O) groups excluding carboxylic acids is 1. The van der Waals surface area contributed by atoms with Gasteiger partial charge < -0.3 is 19.9 Å². The van der Waals surface area contributed by atoms with Crippen LogP contribution in [-0.2, 0) is 35.3 Å². The summed E-state index contributed by atoms with van der Waals surface area (Å²) >= 11 is 0. The van der Waals surface area contributed by atoms with Crippen LogP contribution in [0.25, 0.3) is 20.9 Å². The molecule has 4 aromatic carbocycles. The molecule has 1 amide bonds. The first kappa shape index (κ1) is 32.2. The highest BCUT2D eigenvalue weighted by Gasteiger charge is 2.54. The second kappa shape index (κ2) is 14.7. The van der Waals surface area contributed by atoms with Gasteiger partial charge in [0.2, 0.25) is 5.90 Å². The monoisotopic (exact) mass is 642 g/mol. The van der Waals surface area contributed by atoms with E-state index in [4.69, 9.17) is 25.1 Å². The van der Waals surface area contributed by atoms with Gasteiger partial charge in [-0.2, -0.15) is 0 Å². The number of nitrogens with one attached hydrogen (secondary N) is 1. The van der Waals surface area contributed by atoms with Crippen LogP contribution in [-0.4, -0.2) is 41.7 Å². The fourth-order valence-electron chi connectivity index (χ4n) is 6.37. The molecule has 0 aromatic heterocycles. The molecule has 242 valence electrons. The molecule has 6 rings (SSSR count). The zero-order valence-electron chi connectivity index (χ0n) is 26.1. The van der Waals surface area contributed by atoms with Gasteiger partial charge in [-0.3, -0.25) is 4.79 Å². The molecule has 0 saturated heterocycles. The minimum atomic E-state index is -1.55. The first-order valence-electron chi connectivity index (χ1n) is 15.7. The Morgan fingerprint density at radius 1 is 0.938 bits per heavy atom. The van der Waals surface area contributed by atoms with Crippen molar-refractivity contribution in [2.75, 3.05) is 13.2 Å². The van der Waals surface area contributed by atoms with Crippen LogP contribution >= 0.6 is 0 Å². The van der Waals surface area contributed by atoms with Gasteiger partial charge in [0.25, 0.3) is 5.91 Å². The summed E-state index contributed by atoms with van der Waals surface area (Å²) in [5.74, 6) is 0.542. The van der Waals surface area contributed by atoms with E-state index in [2.05, 4.69) is 37.5 Å². The van der Waals surface area contributed by atoms with Gasteiger partial charge in [-0.05, 0) is 76.0 Å². The van der Waals surface area contributed by atoms with Crippen molar-refractivity contribution in [3.8, 4) is 5.75 Å². The van der Waals surface area contributed by atoms with E-state index in [0.717, 1.165) is 0 Å². The van der Waals surface area contributed by atoms with Crippen LogP contribution in [0.15, 0.2) is 112 Å². The Balaban J connectivity index is 1.47. The molecule has 0 unspecified atom stereocenters. The van der Waals surface area contributed by atoms with Crippen LogP contribution in [0.3, 0.4) is 0 Å². The average Bonchev–Trinajstić information content (AvgIpc) is 3.71. The average molecular weight is 643 g/mol. The lowest BCUT2D eigenvalue weighted by molar-refractivity contribution is -0.129. The normalized spacial score (nSPS) is 18.1. The van der Waals surface area contributed by atoms with E-state index in [9.17, 15) is 10.3 Å². The van der Waals surface area contributed by atoms with Crippen molar-refractivity contribution in [1.82, 2.24) is 5.32 Å². The first-order chi connectivity index (χ1) is 23.5. The molecule has 2 atom stereocenters. The second-order valence-corrected chi connectivity index (χ2v) is 11.7. The maximum atomic E-state index is 14.9. The van der Waals surface area contributed by atoms with Crippen LogP contribution in [0.1, 0.15) is 45.9 Å². The Labute approximate surface area is 277 Å². The van der Waals surface area contributed by atoms with Crippen LogP contribution < -0.4 is 10.1 Å². The number of benzene rings is 4. The van der Waals surface area contributed by atoms with E-state index in [1.54, 1.807) is 24.3 Å². The number of carbonyl (C=O) groups is 1. The Kier molecular flexibility index (Phi) is 9.88. The molecule has 12 heteroatoms. The number of amides is 1. The molecule has 1 heterocycles. The molecule has 0 radical (unpaired) electrons. The van der Waals surface area contributed by atoms with E-state index < -0.39 is 11.6 Å². The summed E-state index contributed by atoms with van der Waals surface area (Å²) in [6, 6.07) is 29.7. The maximum Gasteiger partial charge on any atom is 0.252 e. The number of hydrogen-bond donors (Lipinski definition) is 2. The number of rotatable bonds is 13. The molecule has 0 bridgehead atoms. The largest absolute Gasteiger partial charge is 0.494 e. The third-order valence-corrected chi connectivity index (χ3v) is 8.66. The molecular weight excluding hydrogens is 608 g/mol. The third kappa shape index (κ3) is 6.82. The predicted molar refractivity (Wildman–Crippen MR) is 181 cm³/mol. The van der Waals surface area contributed by atoms with Gasteiger partial charge in [0.15, 0.2) is 11.6 Å². The third-order valence-electron chi connectivity index (χ3n) is 8.66. The van der Waals surface area contributed by atoms with Crippen LogP contribution in [0.5, 0.6) is 5.75 Å². The molecular formula is C36H34N8O4. The van der Waals surface area contributed by atoms with E-state index in [-0.39, 0.29) is 37.4 Å². The number of azide groups is 2. The van der Waals surface area contributed by atoms with Crippen molar-refractivity contribution >= 4 is 17.5 Å². The molecule has 12 nitrogen and oxygen atoms in total. The summed E-state index contributed by atoms with van der Waals surface area (Å²) in [6.45, 7) is 0.452. The van der Waals surface area contributed by atoms with Gasteiger partial charge in [-0.1, -0.05) is 83.0 Å². The Morgan fingerprint density at radius 3 is 2.33 bits per heavy atom. The van der Waals surface area contributed by atoms with Crippen molar-refractivity contribution in [3.05, 3.63) is 151 Å². The number of aliphatic hydroxyl groups excluding tert-OH is 1. The molecule has 1 aliphatic carbocycles. The van der Waals surface area contributed by atoms with Crippen molar-refractivity contribution in [2.45, 2.75) is 49.9 Å². The lowest BCUT2D eigenvalue weighted by atomic mass is 9.80. The standard InChI is InChI=1S/C36H34N8O4/c37-43-39-23-28-11-3-5-12-31(28)33-36(22-27-10-4-6-13-32(27)42-44-38,35(46)40-29-20-25-8-1-2-9-26(25)21-29)41-34(48-33)24-14-16-30(17-15-24)47-19-7-18-45/h1-6,8-17,29,33,45H,7,18-23H2,(H,40,46)/t33-,36-/m1/s1. The first-order valence-corrected chi connectivity index (χ1v) is 15.7. The quantitative estimate of drug-likeness (QED) is 0.0692. The lowest BCUT2D eigenvalue weighted by Crippen LogP contribution is -2.53. The summed E-state index contributed by atoms with van der Waals surface area (Å²) < 4.78 is 12.4. The molecule has 0 spiro atoms. The van der Waals surface area contributed by atoms with Crippen molar-refractivity contribution in [1.29, 1.82) is 0 Å². The minimum absolute atomic E-state index is 0.0329. The molecule has 4 aromatic rings. The highest BCUT2D eigenvalue weighted by molar-refractivity contribution is 6.01. The Bertz CT molecular complexity index is 1890. The number of aliphatic imine (C=N–C) groups is 1. The van der Waals surface area contributed by atoms with Gasteiger partial charge >= 0.3 is 0 Å². The Hall–Kier alpha value is -5.80. The molecule has 2 aliphatic rings. The fourth-order valence-corrected chi connectivity index (χ4v) is 6.37. The van der Waals surface area contributed by atoms with Crippen molar-refractivity contribution in [2.24, 2.45) is 15.2 Å². The van der Waals surface area contributed by atoms with E-state index >= 15 is 0 Å². The number of hydrogen-bond acceptors (Lipinski definition) is 7. The van der Waals surface area contributed by atoms with E-state index in [1.807, 2.05) is 60.7 Å². The topological polar surface area (TPSA) is 178 Å². The SMILES string of the molecule is [N-]=[N+]=NCc1ccccc1[C@H]1OC(c2ccc(OCCCO)cc2)=N[C@@]1(Cc1ccccc1N=[N+]=[N-])C(=O)NC1Cc2ccccc2C1. The zero-order chi connectivity index (χ0) is 33.3. The molecule has 0 fully saturated rings. The van der Waals surface area contributed by atoms with Crippen molar-refractivity contribution < 1.29 is 19.4 Å². The minimum Gasteiger partial charge on any atom is -0.494 e. The van der Waals surface area contributed by atoms with Crippen LogP contribution in [0.2, 0.25) is 0 Å². The van der Waals surface area contributed by atoms with Crippen LogP contribution in [0.4, 0.5) is 5.69 Å². The highest BCUT2D eigenvalue weighted by Crippen LogP contribution is 2.45. The van der Waals surface area contributed by atoms with E-state index in [1.165, 1.54) is 11.1 Å². The summed E-state index contributed by atoms with van der Waals surface area (Å²) in [7, 11) is 0. The number of ether oxygens (including phenoxy) is 2. The fraction of sp³-hybridized carbons (Fsp3) is 0.278. The summed E-state index contributed by atoms with van der Waals surface area (Å²) in [5, 5.41) is 20.1. The number of nitrogens with zero attached hydrogens (tertiary/aromatic N) is 7. The zero-order valence-corrected chi connectivity index (χ0v) is 26.1. The predicted octanol–water partition coefficient (Wildman–Crippen LogP) is 6.98. The summed E-state index contributed by atoms with van der Waals surface area (Å²) in [4.78, 5) is 26.0. The number of aliphatic hydroxyl groups is 1. The van der Waals surface area contributed by atoms with Gasteiger partial charge in [0, 0.05) is 46.6 Å². The maximum absolute atomic E-state index is 14.9. The highest BCUT2D eigenvalue weighted by atomic mass is 16.5. The van der Waals surface area contributed by atoms with E-state index in [0.29, 0.717) is 59.6 Å². The van der Waals surface area contributed by atoms with Crippen molar-refractivity contribution in [3.63, 3.8) is 0 Å². The van der Waals surface area contributed by atoms with Gasteiger partial charge in [0.1, 0.15) is 5.75 Å². The van der Waals surface area contributed by atoms with Gasteiger partial charge in [0.05, 0.1) is 13.2 Å². The smallest absolute Gasteiger partial charge is 0.252 e. The number of fused-ring (bicyclic) bond motifs is 1. The molecule has 48 heavy (non-hydrogen) atoms. The van der Waals surface area contributed by atoms with Gasteiger partial charge in [-0.25, -0.2) is 4.99 Å². The second-order valence-electron chi connectivity index (χ2n) is 11.7. The summed E-state index contributed by atoms with van der Waals surface area (Å²) in [5.41, 5.74) is 22.3.